The van der Waals surface area contributed by atoms with Crippen LogP contribution < -0.4 is 10.9 Å². The Morgan fingerprint density at radius 2 is 1.91 bits per heavy atom. The van der Waals surface area contributed by atoms with Crippen molar-refractivity contribution in [3.05, 3.63) is 82.1 Å². The van der Waals surface area contributed by atoms with Crippen LogP contribution in [0.25, 0.3) is 27.9 Å². The number of benzene rings is 1. The van der Waals surface area contributed by atoms with E-state index in [1.54, 1.807) is 54.6 Å². The van der Waals surface area contributed by atoms with Crippen molar-refractivity contribution in [2.24, 2.45) is 7.05 Å². The molecule has 0 aliphatic heterocycles. The van der Waals surface area contributed by atoms with Gasteiger partial charge in [-0.1, -0.05) is 17.7 Å². The van der Waals surface area contributed by atoms with E-state index in [-0.39, 0.29) is 11.6 Å². The molecule has 0 saturated carbocycles. The summed E-state index contributed by atoms with van der Waals surface area (Å²) in [5, 5.41) is 17.6. The van der Waals surface area contributed by atoms with Crippen LogP contribution in [-0.4, -0.2) is 25.4 Å². The van der Waals surface area contributed by atoms with Crippen molar-refractivity contribution < 1.29 is 0 Å². The minimum Gasteiger partial charge on any atom is -0.368 e. The Kier molecular flexibility index (Phi) is 5.80. The lowest BCUT2D eigenvalue weighted by Crippen LogP contribution is -2.15. The maximum absolute atomic E-state index is 12.4. The zero-order chi connectivity index (χ0) is 22.8. The van der Waals surface area contributed by atoms with Crippen LogP contribution in [-0.2, 0) is 7.05 Å². The topological polar surface area (TPSA) is 88.5 Å². The van der Waals surface area contributed by atoms with Crippen molar-refractivity contribution in [2.75, 3.05) is 5.32 Å². The van der Waals surface area contributed by atoms with Gasteiger partial charge in [-0.05, 0) is 43.7 Å². The number of rotatable bonds is 5. The summed E-state index contributed by atoms with van der Waals surface area (Å²) in [6.07, 6.45) is 7.05. The van der Waals surface area contributed by atoms with E-state index < -0.39 is 0 Å². The van der Waals surface area contributed by atoms with Gasteiger partial charge in [0.2, 0.25) is 0 Å². The van der Waals surface area contributed by atoms with Crippen molar-refractivity contribution in [1.29, 1.82) is 5.26 Å². The van der Waals surface area contributed by atoms with Crippen LogP contribution in [0.2, 0.25) is 5.02 Å². The number of aryl methyl sites for hydroxylation is 1. The third kappa shape index (κ3) is 4.13. The summed E-state index contributed by atoms with van der Waals surface area (Å²) in [5.41, 5.74) is 4.00. The van der Waals surface area contributed by atoms with Crippen LogP contribution in [0.1, 0.15) is 19.4 Å². The molecule has 4 rings (SSSR count). The van der Waals surface area contributed by atoms with E-state index >= 15 is 0 Å². The average Bonchev–Trinajstić information content (AvgIpc) is 3.25. The molecule has 0 radical (unpaired) electrons. The van der Waals surface area contributed by atoms with Gasteiger partial charge in [0.25, 0.3) is 5.56 Å². The van der Waals surface area contributed by atoms with Crippen LogP contribution in [0.15, 0.2) is 66.0 Å². The number of pyridine rings is 2. The molecule has 32 heavy (non-hydrogen) atoms. The van der Waals surface area contributed by atoms with Crippen molar-refractivity contribution in [3.8, 4) is 34.0 Å². The Morgan fingerprint density at radius 1 is 1.09 bits per heavy atom. The SMILES string of the molecule is CC(C)Nc1ccc(-c2cc(=O)n(C)cc2-c2cnn(-c3cccc(Cl)c3C#N)c2)cn1. The quantitative estimate of drug-likeness (QED) is 0.484. The van der Waals surface area contributed by atoms with E-state index in [9.17, 15) is 10.1 Å². The van der Waals surface area contributed by atoms with Crippen molar-refractivity contribution in [2.45, 2.75) is 19.9 Å². The first kappa shape index (κ1) is 21.3. The Morgan fingerprint density at radius 3 is 2.59 bits per heavy atom. The third-order valence-electron chi connectivity index (χ3n) is 4.98. The predicted molar refractivity (Wildman–Crippen MR) is 126 cm³/mol. The third-order valence-corrected chi connectivity index (χ3v) is 5.30. The summed E-state index contributed by atoms with van der Waals surface area (Å²) in [7, 11) is 1.71. The number of anilines is 1. The smallest absolute Gasteiger partial charge is 0.250 e. The van der Waals surface area contributed by atoms with Gasteiger partial charge >= 0.3 is 0 Å². The van der Waals surface area contributed by atoms with Crippen molar-refractivity contribution in [3.63, 3.8) is 0 Å². The Labute approximate surface area is 190 Å². The summed E-state index contributed by atoms with van der Waals surface area (Å²) in [6, 6.07) is 13.1. The Balaban J connectivity index is 1.81. The van der Waals surface area contributed by atoms with Gasteiger partial charge in [0.1, 0.15) is 11.9 Å². The Hall–Kier alpha value is -3.89. The molecule has 1 N–H and O–H groups in total. The highest BCUT2D eigenvalue weighted by molar-refractivity contribution is 6.32. The van der Waals surface area contributed by atoms with E-state index in [1.165, 1.54) is 4.57 Å². The van der Waals surface area contributed by atoms with E-state index in [4.69, 9.17) is 11.6 Å². The van der Waals surface area contributed by atoms with E-state index in [1.807, 2.05) is 32.2 Å². The largest absolute Gasteiger partial charge is 0.368 e. The summed E-state index contributed by atoms with van der Waals surface area (Å²) in [5.74, 6) is 0.770. The minimum absolute atomic E-state index is 0.123. The average molecular weight is 445 g/mol. The fraction of sp³-hybridized carbons (Fsp3) is 0.167. The zero-order valence-electron chi connectivity index (χ0n) is 17.9. The molecule has 7 nitrogen and oxygen atoms in total. The number of hydrogen-bond acceptors (Lipinski definition) is 5. The van der Waals surface area contributed by atoms with E-state index in [0.717, 1.165) is 28.1 Å². The number of halogens is 1. The van der Waals surface area contributed by atoms with Crippen LogP contribution in [0.3, 0.4) is 0 Å². The van der Waals surface area contributed by atoms with Crippen LogP contribution in [0.4, 0.5) is 5.82 Å². The molecule has 1 aromatic carbocycles. The number of nitriles is 1. The standard InChI is InChI=1S/C24H21ClN6O/c1-15(2)29-23-8-7-16(11-27-23)18-9-24(32)30(3)14-20(18)17-12-28-31(13-17)22-6-4-5-21(25)19(22)10-26/h4-9,11-15H,1-3H3,(H,27,29). The molecule has 0 unspecified atom stereocenters. The zero-order valence-corrected chi connectivity index (χ0v) is 18.6. The van der Waals surface area contributed by atoms with Gasteiger partial charge in [-0.2, -0.15) is 10.4 Å². The highest BCUT2D eigenvalue weighted by Crippen LogP contribution is 2.32. The van der Waals surface area contributed by atoms with Gasteiger partial charge in [0, 0.05) is 54.4 Å². The molecule has 0 aliphatic carbocycles. The Bertz CT molecular complexity index is 1380. The lowest BCUT2D eigenvalue weighted by Gasteiger charge is -2.12. The normalized spacial score (nSPS) is 10.9. The molecule has 160 valence electrons. The van der Waals surface area contributed by atoms with Gasteiger partial charge in [0.05, 0.1) is 22.5 Å². The highest BCUT2D eigenvalue weighted by Gasteiger charge is 2.15. The molecule has 0 atom stereocenters. The number of nitrogens with one attached hydrogen (secondary N) is 1. The summed E-state index contributed by atoms with van der Waals surface area (Å²) >= 11 is 6.18. The van der Waals surface area contributed by atoms with Gasteiger partial charge in [0.15, 0.2) is 0 Å². The molecule has 0 fully saturated rings. The second-order valence-electron chi connectivity index (χ2n) is 7.70. The molecule has 4 aromatic rings. The molecule has 0 spiro atoms. The van der Waals surface area contributed by atoms with Crippen LogP contribution in [0.5, 0.6) is 0 Å². The summed E-state index contributed by atoms with van der Waals surface area (Å²) in [4.78, 5) is 16.9. The molecule has 3 aromatic heterocycles. The molecule has 0 aliphatic rings. The van der Waals surface area contributed by atoms with Crippen molar-refractivity contribution >= 4 is 17.4 Å². The number of aromatic nitrogens is 4. The first-order valence-electron chi connectivity index (χ1n) is 10.0. The number of nitrogens with zero attached hydrogens (tertiary/aromatic N) is 5. The molecule has 0 amide bonds. The maximum atomic E-state index is 12.4. The molecule has 3 heterocycles. The molecular weight excluding hydrogens is 424 g/mol. The first-order valence-corrected chi connectivity index (χ1v) is 10.4. The fourth-order valence-electron chi connectivity index (χ4n) is 3.44. The van der Waals surface area contributed by atoms with Gasteiger partial charge < -0.3 is 9.88 Å². The monoisotopic (exact) mass is 444 g/mol. The second-order valence-corrected chi connectivity index (χ2v) is 8.11. The van der Waals surface area contributed by atoms with Gasteiger partial charge in [-0.25, -0.2) is 9.67 Å². The van der Waals surface area contributed by atoms with Crippen molar-refractivity contribution in [1.82, 2.24) is 19.3 Å². The van der Waals surface area contributed by atoms with Crippen LogP contribution >= 0.6 is 11.6 Å². The molecule has 0 saturated heterocycles. The fourth-order valence-corrected chi connectivity index (χ4v) is 3.65. The first-order chi connectivity index (χ1) is 15.4. The van der Waals surface area contributed by atoms with E-state index in [0.29, 0.717) is 16.3 Å². The minimum atomic E-state index is -0.123. The maximum Gasteiger partial charge on any atom is 0.250 e. The van der Waals surface area contributed by atoms with Crippen LogP contribution in [0, 0.1) is 11.3 Å². The lowest BCUT2D eigenvalue weighted by molar-refractivity contribution is 0.863. The lowest BCUT2D eigenvalue weighted by atomic mass is 9.99. The van der Waals surface area contributed by atoms with E-state index in [2.05, 4.69) is 21.5 Å². The molecular formula is C24H21ClN6O. The molecule has 0 bridgehead atoms. The molecule has 8 heteroatoms. The van der Waals surface area contributed by atoms with Gasteiger partial charge in [-0.3, -0.25) is 4.79 Å². The van der Waals surface area contributed by atoms with Gasteiger partial charge in [-0.15, -0.1) is 0 Å². The predicted octanol–water partition coefficient (Wildman–Crippen LogP) is 4.65. The highest BCUT2D eigenvalue weighted by atomic mass is 35.5. The summed E-state index contributed by atoms with van der Waals surface area (Å²) < 4.78 is 3.14. The second kappa shape index (κ2) is 8.69. The summed E-state index contributed by atoms with van der Waals surface area (Å²) in [6.45, 7) is 4.09. The number of hydrogen-bond donors (Lipinski definition) is 1.